The van der Waals surface area contributed by atoms with E-state index in [1.165, 1.54) is 32.2 Å². The molecule has 0 spiro atoms. The van der Waals surface area contributed by atoms with Crippen LogP contribution in [0.15, 0.2) is 18.2 Å². The normalized spacial score (nSPS) is 26.6. The highest BCUT2D eigenvalue weighted by Gasteiger charge is 2.57. The molecule has 1 fully saturated rings. The second-order valence-electron chi connectivity index (χ2n) is 8.38. The summed E-state index contributed by atoms with van der Waals surface area (Å²) in [6.45, 7) is 8.04. The van der Waals surface area contributed by atoms with Crippen LogP contribution in [0.4, 0.5) is 0 Å². The number of phenolic OH excluding ortho intramolecular Hbond substituents is 1. The topological polar surface area (TPSA) is 119 Å². The summed E-state index contributed by atoms with van der Waals surface area (Å²) >= 11 is 0. The summed E-state index contributed by atoms with van der Waals surface area (Å²) in [4.78, 5) is 38.8. The van der Waals surface area contributed by atoms with E-state index in [-0.39, 0.29) is 11.5 Å². The van der Waals surface area contributed by atoms with Gasteiger partial charge in [-0.15, -0.1) is 0 Å². The predicted molar refractivity (Wildman–Crippen MR) is 107 cm³/mol. The molecule has 1 saturated carbocycles. The van der Waals surface area contributed by atoms with Gasteiger partial charge in [-0.1, -0.05) is 6.07 Å². The van der Waals surface area contributed by atoms with Gasteiger partial charge in [-0.2, -0.15) is 0 Å². The third kappa shape index (κ3) is 4.92. The van der Waals surface area contributed by atoms with Gasteiger partial charge in [0.05, 0.1) is 30.8 Å². The molecule has 1 aliphatic rings. The van der Waals surface area contributed by atoms with Crippen LogP contribution in [0.25, 0.3) is 0 Å². The Labute approximate surface area is 176 Å². The molecule has 1 aromatic carbocycles. The molecule has 2 rings (SSSR count). The molecule has 8 heteroatoms. The fourth-order valence-electron chi connectivity index (χ4n) is 3.93. The number of hydrogen-bond acceptors (Lipinski definition) is 8. The number of Topliss-reactive ketones (excluding diaryl/α,β-unsaturated/α-hetero) is 1. The van der Waals surface area contributed by atoms with Crippen molar-refractivity contribution in [3.8, 4) is 11.5 Å². The molecule has 2 N–H and O–H groups in total. The molecular formula is C22H30O8. The number of carbonyl (C=O) groups is 3. The Morgan fingerprint density at radius 1 is 1.10 bits per heavy atom. The second kappa shape index (κ2) is 9.04. The Morgan fingerprint density at radius 3 is 2.20 bits per heavy atom. The maximum Gasteiger partial charge on any atom is 0.317 e. The largest absolute Gasteiger partial charge is 0.504 e. The summed E-state index contributed by atoms with van der Waals surface area (Å²) < 4.78 is 15.8. The summed E-state index contributed by atoms with van der Waals surface area (Å²) in [7, 11) is 1.36. The van der Waals surface area contributed by atoms with Crippen LogP contribution in [0, 0.1) is 11.8 Å². The van der Waals surface area contributed by atoms with Gasteiger partial charge in [-0.3, -0.25) is 14.4 Å². The van der Waals surface area contributed by atoms with Crippen molar-refractivity contribution in [1.29, 1.82) is 0 Å². The number of aliphatic hydroxyl groups is 1. The first-order valence-corrected chi connectivity index (χ1v) is 9.92. The first-order valence-electron chi connectivity index (χ1n) is 9.92. The molecule has 0 unspecified atom stereocenters. The minimum atomic E-state index is -1.74. The summed E-state index contributed by atoms with van der Waals surface area (Å²) in [6, 6.07) is 4.28. The Balaban J connectivity index is 2.67. The number of methoxy groups -OCH3 is 1. The molecule has 8 nitrogen and oxygen atoms in total. The molecule has 0 radical (unpaired) electrons. The van der Waals surface area contributed by atoms with Crippen molar-refractivity contribution in [3.63, 3.8) is 0 Å². The molecule has 0 bridgehead atoms. The van der Waals surface area contributed by atoms with Crippen molar-refractivity contribution in [1.82, 2.24) is 0 Å². The van der Waals surface area contributed by atoms with Gasteiger partial charge in [0.1, 0.15) is 5.92 Å². The average molecular weight is 422 g/mol. The third-order valence-corrected chi connectivity index (χ3v) is 5.07. The Morgan fingerprint density at radius 2 is 1.67 bits per heavy atom. The number of esters is 2. The van der Waals surface area contributed by atoms with Crippen LogP contribution < -0.4 is 4.74 Å². The summed E-state index contributed by atoms with van der Waals surface area (Å²) in [5.41, 5.74) is -1.37. The zero-order valence-electron chi connectivity index (χ0n) is 18.2. The fourth-order valence-corrected chi connectivity index (χ4v) is 3.93. The monoisotopic (exact) mass is 422 g/mol. The zero-order valence-corrected chi connectivity index (χ0v) is 18.2. The molecule has 0 aromatic heterocycles. The molecule has 4 atom stereocenters. The lowest BCUT2D eigenvalue weighted by atomic mass is 9.61. The van der Waals surface area contributed by atoms with Gasteiger partial charge in [0.25, 0.3) is 0 Å². The third-order valence-electron chi connectivity index (χ3n) is 5.07. The molecule has 0 heterocycles. The standard InChI is InChI=1S/C22H30O8/c1-11(2)29-20(25)18-15(24)10-22(5,27)19(21(26)30-12(3)4)17(18)13-7-8-14(23)16(9-13)28-6/h7-9,11-12,17-19,23,27H,10H2,1-6H3/t17-,18-,19-,22+/m1/s1. The van der Waals surface area contributed by atoms with Crippen LogP contribution in [-0.4, -0.2) is 52.9 Å². The molecular weight excluding hydrogens is 392 g/mol. The number of benzene rings is 1. The van der Waals surface area contributed by atoms with Crippen molar-refractivity contribution in [2.75, 3.05) is 7.11 Å². The highest BCUT2D eigenvalue weighted by Crippen LogP contribution is 2.48. The minimum Gasteiger partial charge on any atom is -0.504 e. The van der Waals surface area contributed by atoms with E-state index in [0.29, 0.717) is 5.56 Å². The molecule has 0 saturated heterocycles. The van der Waals surface area contributed by atoms with E-state index < -0.39 is 59.7 Å². The number of aromatic hydroxyl groups is 1. The van der Waals surface area contributed by atoms with Crippen LogP contribution in [0.5, 0.6) is 11.5 Å². The van der Waals surface area contributed by atoms with Crippen molar-refractivity contribution < 1.29 is 38.8 Å². The van der Waals surface area contributed by atoms with Gasteiger partial charge >= 0.3 is 11.9 Å². The number of phenols is 1. The maximum absolute atomic E-state index is 13.0. The number of carbonyl (C=O) groups excluding carboxylic acids is 3. The highest BCUT2D eigenvalue weighted by atomic mass is 16.5. The first kappa shape index (κ1) is 23.7. The SMILES string of the molecule is COc1cc([C@@H]2[C@H](C(=O)OC(C)C)C(=O)C[C@](C)(O)[C@H]2C(=O)OC(C)C)ccc1O. The first-order chi connectivity index (χ1) is 13.9. The van der Waals surface area contributed by atoms with E-state index in [1.807, 2.05) is 0 Å². The smallest absolute Gasteiger partial charge is 0.317 e. The molecule has 30 heavy (non-hydrogen) atoms. The van der Waals surface area contributed by atoms with Gasteiger partial charge in [0, 0.05) is 12.3 Å². The second-order valence-corrected chi connectivity index (χ2v) is 8.38. The van der Waals surface area contributed by atoms with Crippen LogP contribution >= 0.6 is 0 Å². The van der Waals surface area contributed by atoms with E-state index in [9.17, 15) is 24.6 Å². The van der Waals surface area contributed by atoms with Gasteiger partial charge in [-0.05, 0) is 52.3 Å². The number of hydrogen-bond donors (Lipinski definition) is 2. The van der Waals surface area contributed by atoms with Gasteiger partial charge < -0.3 is 24.4 Å². The van der Waals surface area contributed by atoms with E-state index in [2.05, 4.69) is 0 Å². The van der Waals surface area contributed by atoms with Gasteiger partial charge in [-0.25, -0.2) is 0 Å². The predicted octanol–water partition coefficient (Wildman–Crippen LogP) is 2.34. The average Bonchev–Trinajstić information content (AvgIpc) is 2.59. The number of ketones is 1. The quantitative estimate of drug-likeness (QED) is 0.530. The lowest BCUT2D eigenvalue weighted by Crippen LogP contribution is -2.55. The van der Waals surface area contributed by atoms with Crippen LogP contribution in [0.1, 0.15) is 52.5 Å². The van der Waals surface area contributed by atoms with E-state index in [4.69, 9.17) is 14.2 Å². The minimum absolute atomic E-state index is 0.108. The van der Waals surface area contributed by atoms with Gasteiger partial charge in [0.2, 0.25) is 0 Å². The van der Waals surface area contributed by atoms with Crippen LogP contribution in [0.3, 0.4) is 0 Å². The molecule has 0 aliphatic heterocycles. The van der Waals surface area contributed by atoms with Crippen LogP contribution in [0.2, 0.25) is 0 Å². The Kier molecular flexibility index (Phi) is 7.13. The highest BCUT2D eigenvalue weighted by molar-refractivity contribution is 6.02. The van der Waals surface area contributed by atoms with Crippen molar-refractivity contribution in [2.45, 2.75) is 64.8 Å². The van der Waals surface area contributed by atoms with Crippen LogP contribution in [-0.2, 0) is 23.9 Å². The molecule has 1 aliphatic carbocycles. The Hall–Kier alpha value is -2.61. The molecule has 1 aromatic rings. The van der Waals surface area contributed by atoms with E-state index in [1.54, 1.807) is 27.7 Å². The zero-order chi connectivity index (χ0) is 22.8. The van der Waals surface area contributed by atoms with Crippen molar-refractivity contribution in [2.24, 2.45) is 11.8 Å². The molecule has 0 amide bonds. The van der Waals surface area contributed by atoms with Crippen molar-refractivity contribution in [3.05, 3.63) is 23.8 Å². The number of ether oxygens (including phenoxy) is 3. The lowest BCUT2D eigenvalue weighted by Gasteiger charge is -2.44. The summed E-state index contributed by atoms with van der Waals surface area (Å²) in [5, 5.41) is 21.0. The van der Waals surface area contributed by atoms with E-state index >= 15 is 0 Å². The number of rotatable bonds is 6. The van der Waals surface area contributed by atoms with Crippen molar-refractivity contribution >= 4 is 17.7 Å². The summed E-state index contributed by atoms with van der Waals surface area (Å²) in [6.07, 6.45) is -1.32. The lowest BCUT2D eigenvalue weighted by molar-refractivity contribution is -0.176. The van der Waals surface area contributed by atoms with E-state index in [0.717, 1.165) is 0 Å². The maximum atomic E-state index is 13.0. The summed E-state index contributed by atoms with van der Waals surface area (Å²) in [5.74, 6) is -5.64. The van der Waals surface area contributed by atoms with Gasteiger partial charge in [0.15, 0.2) is 17.3 Å². The Bertz CT molecular complexity index is 803. The fraction of sp³-hybridized carbons (Fsp3) is 0.591. The molecule has 166 valence electrons.